The molecule has 3 aromatic rings. The van der Waals surface area contributed by atoms with E-state index in [9.17, 15) is 18.4 Å². The number of hydrogen-bond donors (Lipinski definition) is 2. The van der Waals surface area contributed by atoms with Gasteiger partial charge in [-0.25, -0.2) is 4.68 Å². The first-order valence-corrected chi connectivity index (χ1v) is 10.7. The molecular weight excluding hydrogens is 445 g/mol. The zero-order valence-corrected chi connectivity index (χ0v) is 18.0. The van der Waals surface area contributed by atoms with Gasteiger partial charge in [-0.05, 0) is 17.7 Å². The number of ether oxygens (including phenoxy) is 1. The summed E-state index contributed by atoms with van der Waals surface area (Å²) in [6, 6.07) is 18.3. The molecule has 1 atom stereocenters. The van der Waals surface area contributed by atoms with E-state index >= 15 is 0 Å². The molecule has 0 aliphatic carbocycles. The number of nitrogens with two attached hydrogens (primary N) is 1. The second kappa shape index (κ2) is 8.11. The van der Waals surface area contributed by atoms with Crippen LogP contribution in [0.25, 0.3) is 17.1 Å². The van der Waals surface area contributed by atoms with Crippen molar-refractivity contribution < 1.29 is 17.9 Å². The molecule has 174 valence electrons. The number of aromatic nitrogens is 2. The van der Waals surface area contributed by atoms with Crippen LogP contribution in [-0.4, -0.2) is 42.3 Å². The lowest BCUT2D eigenvalue weighted by Gasteiger charge is -2.40. The molecule has 0 spiro atoms. The van der Waals surface area contributed by atoms with Gasteiger partial charge < -0.3 is 20.7 Å². The first-order chi connectivity index (χ1) is 16.3. The fourth-order valence-electron chi connectivity index (χ4n) is 4.43. The minimum atomic E-state index is -4.87. The number of anilines is 2. The maximum absolute atomic E-state index is 14.8. The van der Waals surface area contributed by atoms with Crippen LogP contribution in [0.5, 0.6) is 0 Å². The maximum Gasteiger partial charge on any atom is 0.420 e. The summed E-state index contributed by atoms with van der Waals surface area (Å²) in [5, 5.41) is 16.8. The van der Waals surface area contributed by atoms with Crippen molar-refractivity contribution in [1.29, 1.82) is 5.26 Å². The van der Waals surface area contributed by atoms with Gasteiger partial charge in [0.05, 0.1) is 18.9 Å². The van der Waals surface area contributed by atoms with Crippen molar-refractivity contribution in [1.82, 2.24) is 9.78 Å². The highest BCUT2D eigenvalue weighted by Crippen LogP contribution is 2.50. The fourth-order valence-corrected chi connectivity index (χ4v) is 4.43. The van der Waals surface area contributed by atoms with Gasteiger partial charge in [-0.2, -0.15) is 23.5 Å². The van der Waals surface area contributed by atoms with E-state index in [0.29, 0.717) is 37.6 Å². The normalized spacial score (nSPS) is 20.5. The van der Waals surface area contributed by atoms with E-state index in [0.717, 1.165) is 10.4 Å². The summed E-state index contributed by atoms with van der Waals surface area (Å²) in [7, 11) is 0. The molecule has 1 fully saturated rings. The Bertz CT molecular complexity index is 1270. The van der Waals surface area contributed by atoms with Crippen LogP contribution in [0.4, 0.5) is 24.7 Å². The van der Waals surface area contributed by atoms with Crippen molar-refractivity contribution in [2.24, 2.45) is 5.73 Å². The Morgan fingerprint density at radius 3 is 2.35 bits per heavy atom. The van der Waals surface area contributed by atoms with Gasteiger partial charge in [-0.3, -0.25) is 0 Å². The molecule has 0 amide bonds. The fraction of sp³-hybridized carbons (Fsp3) is 0.250. The number of alkyl halides is 3. The monoisotopic (exact) mass is 466 g/mol. The average molecular weight is 466 g/mol. The number of halogens is 3. The summed E-state index contributed by atoms with van der Waals surface area (Å²) in [5.41, 5.74) is 4.46. The molecule has 0 radical (unpaired) electrons. The minimum absolute atomic E-state index is 0.0462. The third-order valence-electron chi connectivity index (χ3n) is 6.17. The molecule has 2 aromatic carbocycles. The number of rotatable bonds is 3. The zero-order chi connectivity index (χ0) is 23.9. The molecule has 1 saturated heterocycles. The van der Waals surface area contributed by atoms with Crippen molar-refractivity contribution >= 4 is 17.3 Å². The summed E-state index contributed by atoms with van der Waals surface area (Å²) in [4.78, 5) is 2.04. The number of nitrogens with zero attached hydrogens (tertiary/aromatic N) is 4. The van der Waals surface area contributed by atoms with Gasteiger partial charge in [0.2, 0.25) is 0 Å². The van der Waals surface area contributed by atoms with E-state index in [1.807, 2.05) is 11.0 Å². The van der Waals surface area contributed by atoms with E-state index in [1.165, 1.54) is 18.2 Å². The molecule has 3 heterocycles. The Balaban J connectivity index is 1.62. The average Bonchev–Trinajstić information content (AvgIpc) is 3.29. The number of nitrogens with one attached hydrogen (secondary N) is 1. The van der Waals surface area contributed by atoms with Gasteiger partial charge in [0, 0.05) is 30.4 Å². The van der Waals surface area contributed by atoms with Crippen LogP contribution in [-0.2, 0) is 10.3 Å². The molecule has 0 bridgehead atoms. The van der Waals surface area contributed by atoms with E-state index in [1.54, 1.807) is 42.5 Å². The first kappa shape index (κ1) is 21.9. The second-order valence-electron chi connectivity index (χ2n) is 8.08. The lowest BCUT2D eigenvalue weighted by atomic mass is 9.80. The van der Waals surface area contributed by atoms with Gasteiger partial charge >= 0.3 is 6.18 Å². The van der Waals surface area contributed by atoms with E-state index in [-0.39, 0.29) is 17.2 Å². The number of benzene rings is 2. The molecular formula is C24H21F3N6O. The van der Waals surface area contributed by atoms with Crippen LogP contribution in [0.3, 0.4) is 0 Å². The van der Waals surface area contributed by atoms with Gasteiger partial charge in [-0.15, -0.1) is 0 Å². The van der Waals surface area contributed by atoms with Crippen LogP contribution in [0.2, 0.25) is 0 Å². The Hall–Kier alpha value is -3.97. The van der Waals surface area contributed by atoms with Gasteiger partial charge in [0.25, 0.3) is 0 Å². The van der Waals surface area contributed by atoms with Crippen LogP contribution >= 0.6 is 0 Å². The van der Waals surface area contributed by atoms with Crippen LogP contribution in [0.15, 0.2) is 66.2 Å². The Labute approximate surface area is 193 Å². The van der Waals surface area contributed by atoms with Gasteiger partial charge in [0.15, 0.2) is 5.54 Å². The van der Waals surface area contributed by atoms with Gasteiger partial charge in [-0.1, -0.05) is 42.5 Å². The van der Waals surface area contributed by atoms with Gasteiger partial charge in [0.1, 0.15) is 23.3 Å². The predicted octanol–water partition coefficient (Wildman–Crippen LogP) is 3.92. The van der Waals surface area contributed by atoms with Crippen LogP contribution < -0.4 is 16.0 Å². The van der Waals surface area contributed by atoms with E-state index in [2.05, 4.69) is 10.4 Å². The highest BCUT2D eigenvalue weighted by molar-refractivity contribution is 5.75. The summed E-state index contributed by atoms with van der Waals surface area (Å²) >= 11 is 0. The Morgan fingerprint density at radius 2 is 1.74 bits per heavy atom. The number of fused-ring (bicyclic) bond motifs is 1. The lowest BCUT2D eigenvalue weighted by Crippen LogP contribution is -2.53. The zero-order valence-electron chi connectivity index (χ0n) is 18.0. The third-order valence-corrected chi connectivity index (χ3v) is 6.17. The summed E-state index contributed by atoms with van der Waals surface area (Å²) in [5.74, 6) is -0.321. The smallest absolute Gasteiger partial charge is 0.383 e. The van der Waals surface area contributed by atoms with E-state index in [4.69, 9.17) is 10.5 Å². The molecule has 7 nitrogen and oxygen atoms in total. The highest BCUT2D eigenvalue weighted by atomic mass is 19.4. The summed E-state index contributed by atoms with van der Waals surface area (Å²) in [6.07, 6.45) is -4.87. The SMILES string of the molecule is N#CC1=C(N)n2nc(-c3ccccc3)cc2NC1(c1ccc(N2CCOCC2)cc1)C(F)(F)F. The molecule has 1 unspecified atom stereocenters. The maximum atomic E-state index is 14.8. The molecule has 10 heteroatoms. The van der Waals surface area contributed by atoms with Crippen molar-refractivity contribution in [3.8, 4) is 17.3 Å². The summed E-state index contributed by atoms with van der Waals surface area (Å²) in [6.45, 7) is 2.42. The standard InChI is InChI=1S/C24H21F3N6O/c25-24(26,27)23(17-6-8-18(9-7-17)32-10-12-34-13-11-32)19(15-28)22(29)33-21(30-23)14-20(31-33)16-4-2-1-3-5-16/h1-9,14,30H,10-13,29H2. The quantitative estimate of drug-likeness (QED) is 0.608. The summed E-state index contributed by atoms with van der Waals surface area (Å²) < 4.78 is 50.9. The molecule has 3 N–H and O–H groups in total. The first-order valence-electron chi connectivity index (χ1n) is 10.7. The van der Waals surface area contributed by atoms with Crippen LogP contribution in [0, 0.1) is 11.3 Å². The lowest BCUT2D eigenvalue weighted by molar-refractivity contribution is -0.170. The van der Waals surface area contributed by atoms with Crippen molar-refractivity contribution in [3.05, 3.63) is 71.8 Å². The Kier molecular flexibility index (Phi) is 5.21. The van der Waals surface area contributed by atoms with Crippen molar-refractivity contribution in [3.63, 3.8) is 0 Å². The molecule has 34 heavy (non-hydrogen) atoms. The second-order valence-corrected chi connectivity index (χ2v) is 8.08. The number of morpholine rings is 1. The Morgan fingerprint density at radius 1 is 1.06 bits per heavy atom. The number of nitriles is 1. The van der Waals surface area contributed by atoms with Crippen molar-refractivity contribution in [2.45, 2.75) is 11.7 Å². The van der Waals surface area contributed by atoms with E-state index < -0.39 is 17.3 Å². The molecule has 0 saturated carbocycles. The third kappa shape index (κ3) is 3.36. The minimum Gasteiger partial charge on any atom is -0.383 e. The molecule has 2 aliphatic heterocycles. The van der Waals surface area contributed by atoms with Crippen LogP contribution in [0.1, 0.15) is 5.56 Å². The van der Waals surface area contributed by atoms with Crippen molar-refractivity contribution in [2.75, 3.05) is 36.5 Å². The molecule has 1 aromatic heterocycles. The molecule has 5 rings (SSSR count). The topological polar surface area (TPSA) is 92.1 Å². The number of hydrogen-bond acceptors (Lipinski definition) is 6. The highest BCUT2D eigenvalue weighted by Gasteiger charge is 2.62. The predicted molar refractivity (Wildman–Crippen MR) is 122 cm³/mol. The largest absolute Gasteiger partial charge is 0.420 e. The molecule has 2 aliphatic rings.